The molecule has 0 radical (unpaired) electrons. The molecule has 0 saturated carbocycles. The number of rotatable bonds is 9. The van der Waals surface area contributed by atoms with Gasteiger partial charge < -0.3 is 10.2 Å². The van der Waals surface area contributed by atoms with E-state index in [9.17, 15) is 9.59 Å². The molecule has 0 aliphatic heterocycles. The quantitative estimate of drug-likeness (QED) is 0.261. The van der Waals surface area contributed by atoms with Crippen LogP contribution >= 0.6 is 0 Å². The van der Waals surface area contributed by atoms with E-state index in [1.165, 1.54) is 16.7 Å². The first-order valence-electron chi connectivity index (χ1n) is 14.2. The van der Waals surface area contributed by atoms with E-state index in [1.54, 1.807) is 18.2 Å². The topological polar surface area (TPSA) is 104 Å². The Morgan fingerprint density at radius 2 is 1.60 bits per heavy atom. The zero-order chi connectivity index (χ0) is 28.7. The third-order valence-electron chi connectivity index (χ3n) is 7.93. The number of benzene rings is 4. The summed E-state index contributed by atoms with van der Waals surface area (Å²) < 4.78 is 0. The van der Waals surface area contributed by atoms with Crippen LogP contribution in [0.2, 0.25) is 0 Å². The van der Waals surface area contributed by atoms with Crippen molar-refractivity contribution in [2.24, 2.45) is 5.92 Å². The normalized spacial score (nSPS) is 15.9. The smallest absolute Gasteiger partial charge is 0.251 e. The molecule has 8 nitrogen and oxygen atoms in total. The molecule has 5 aromatic rings. The second-order valence-electron chi connectivity index (χ2n) is 10.6. The molecule has 0 bridgehead atoms. The summed E-state index contributed by atoms with van der Waals surface area (Å²) in [6.07, 6.45) is 2.82. The number of aromatic nitrogens is 4. The van der Waals surface area contributed by atoms with Crippen LogP contribution in [0.25, 0.3) is 11.4 Å². The summed E-state index contributed by atoms with van der Waals surface area (Å²) in [6, 6.07) is 35.8. The second-order valence-corrected chi connectivity index (χ2v) is 10.6. The Morgan fingerprint density at radius 1 is 0.857 bits per heavy atom. The van der Waals surface area contributed by atoms with Crippen LogP contribution in [0, 0.1) is 5.92 Å². The molecule has 1 aliphatic carbocycles. The molecule has 1 unspecified atom stereocenters. The molecule has 2 N–H and O–H groups in total. The van der Waals surface area contributed by atoms with Gasteiger partial charge >= 0.3 is 0 Å². The summed E-state index contributed by atoms with van der Waals surface area (Å²) in [5.74, 6) is 0.173. The van der Waals surface area contributed by atoms with Crippen LogP contribution in [0.5, 0.6) is 0 Å². The van der Waals surface area contributed by atoms with Crippen LogP contribution in [0.15, 0.2) is 109 Å². The largest absolute Gasteiger partial charge is 0.343 e. The van der Waals surface area contributed by atoms with Crippen molar-refractivity contribution in [3.63, 3.8) is 0 Å². The number of carbonyl (C=O) groups is 2. The lowest BCUT2D eigenvalue weighted by Gasteiger charge is -2.42. The van der Waals surface area contributed by atoms with Crippen molar-refractivity contribution >= 4 is 11.8 Å². The number of nitrogens with one attached hydrogen (secondary N) is 2. The molecule has 1 aliphatic rings. The van der Waals surface area contributed by atoms with E-state index < -0.39 is 0 Å². The Balaban J connectivity index is 1.28. The molecule has 1 aromatic heterocycles. The van der Waals surface area contributed by atoms with Crippen molar-refractivity contribution in [1.29, 1.82) is 0 Å². The lowest BCUT2D eigenvalue weighted by atomic mass is 9.76. The molecular formula is C34H32N6O2. The molecule has 1 heterocycles. The van der Waals surface area contributed by atoms with Gasteiger partial charge in [-0.2, -0.15) is 5.21 Å². The third kappa shape index (κ3) is 6.12. The lowest BCUT2D eigenvalue weighted by molar-refractivity contribution is -0.135. The van der Waals surface area contributed by atoms with E-state index in [4.69, 9.17) is 0 Å². The number of amides is 2. The summed E-state index contributed by atoms with van der Waals surface area (Å²) in [5.41, 5.74) is 5.86. The summed E-state index contributed by atoms with van der Waals surface area (Å²) in [6.45, 7) is 0.335. The van der Waals surface area contributed by atoms with Crippen molar-refractivity contribution < 1.29 is 9.59 Å². The minimum Gasteiger partial charge on any atom is -0.343 e. The average molecular weight is 557 g/mol. The van der Waals surface area contributed by atoms with E-state index in [2.05, 4.69) is 74.5 Å². The van der Waals surface area contributed by atoms with E-state index >= 15 is 0 Å². The maximum absolute atomic E-state index is 14.1. The van der Waals surface area contributed by atoms with Crippen molar-refractivity contribution in [2.45, 2.75) is 31.8 Å². The van der Waals surface area contributed by atoms with Crippen molar-refractivity contribution in [2.75, 3.05) is 6.54 Å². The molecule has 0 fully saturated rings. The molecule has 4 aromatic carbocycles. The van der Waals surface area contributed by atoms with Crippen LogP contribution < -0.4 is 5.32 Å². The maximum Gasteiger partial charge on any atom is 0.251 e. The molecule has 210 valence electrons. The molecule has 8 heteroatoms. The zero-order valence-electron chi connectivity index (χ0n) is 23.2. The maximum atomic E-state index is 14.1. The van der Waals surface area contributed by atoms with Gasteiger partial charge in [-0.25, -0.2) is 0 Å². The number of hydrogen-bond acceptors (Lipinski definition) is 5. The number of H-pyrrole nitrogens is 1. The van der Waals surface area contributed by atoms with Crippen LogP contribution in [-0.2, 0) is 24.2 Å². The van der Waals surface area contributed by atoms with Crippen molar-refractivity contribution in [1.82, 2.24) is 30.8 Å². The number of aryl methyl sites for hydroxylation is 1. The van der Waals surface area contributed by atoms with Crippen LogP contribution in [0.4, 0.5) is 0 Å². The minimum atomic E-state index is -0.335. The van der Waals surface area contributed by atoms with Crippen LogP contribution in [0.1, 0.15) is 45.1 Å². The van der Waals surface area contributed by atoms with Crippen molar-refractivity contribution in [3.05, 3.63) is 137 Å². The monoisotopic (exact) mass is 556 g/mol. The van der Waals surface area contributed by atoms with E-state index in [1.807, 2.05) is 47.4 Å². The highest BCUT2D eigenvalue weighted by Crippen LogP contribution is 2.41. The number of fused-ring (bicyclic) bond motifs is 1. The first-order chi connectivity index (χ1) is 20.7. The predicted octanol–water partition coefficient (Wildman–Crippen LogP) is 5.17. The van der Waals surface area contributed by atoms with Crippen molar-refractivity contribution in [3.8, 4) is 11.4 Å². The number of nitrogens with zero attached hydrogens (tertiary/aromatic N) is 4. The van der Waals surface area contributed by atoms with E-state index in [0.717, 1.165) is 24.8 Å². The second kappa shape index (κ2) is 12.6. The Hall–Kier alpha value is -5.11. The summed E-state index contributed by atoms with van der Waals surface area (Å²) in [5, 5.41) is 16.9. The van der Waals surface area contributed by atoms with Gasteiger partial charge in [-0.3, -0.25) is 9.59 Å². The van der Waals surface area contributed by atoms with Gasteiger partial charge in [0.15, 0.2) is 0 Å². The third-order valence-corrected chi connectivity index (χ3v) is 7.93. The molecule has 0 spiro atoms. The number of aromatic amines is 1. The molecule has 2 atom stereocenters. The van der Waals surface area contributed by atoms with Gasteiger partial charge in [0.1, 0.15) is 0 Å². The lowest BCUT2D eigenvalue weighted by Crippen LogP contribution is -2.45. The fraction of sp³-hybridized carbons (Fsp3) is 0.206. The molecular weight excluding hydrogens is 524 g/mol. The first-order valence-corrected chi connectivity index (χ1v) is 14.2. The highest BCUT2D eigenvalue weighted by atomic mass is 16.2. The Morgan fingerprint density at radius 3 is 2.36 bits per heavy atom. The molecule has 2 amide bonds. The van der Waals surface area contributed by atoms with Gasteiger partial charge in [0.05, 0.1) is 12.6 Å². The SMILES string of the molecule is O=C(NCC(=O)N(Cc1ccccc1)C1c2ccccc2CC[C@H]1Cc1ccccc1)c1cccc(-c2nn[nH]n2)c1. The van der Waals surface area contributed by atoms with Gasteiger partial charge in [0.25, 0.3) is 5.91 Å². The first kappa shape index (κ1) is 27.1. The summed E-state index contributed by atoms with van der Waals surface area (Å²) >= 11 is 0. The number of tetrazole rings is 1. The van der Waals surface area contributed by atoms with Gasteiger partial charge in [0, 0.05) is 17.7 Å². The van der Waals surface area contributed by atoms with Gasteiger partial charge in [0.2, 0.25) is 11.7 Å². The summed E-state index contributed by atoms with van der Waals surface area (Å²) in [4.78, 5) is 29.3. The standard InChI is InChI=1S/C34H32N6O2/c41-31(22-35-34(42)29-16-9-15-28(21-29)33-36-38-39-37-33)40(23-25-12-5-2-6-13-25)32-27(20-24-10-3-1-4-11-24)19-18-26-14-7-8-17-30(26)32/h1-17,21,27,32H,18-20,22-23H2,(H,35,42)(H,36,37,38,39)/t27-,32?/m0/s1. The van der Waals surface area contributed by atoms with Gasteiger partial charge in [-0.05, 0) is 64.8 Å². The van der Waals surface area contributed by atoms with E-state index in [-0.39, 0.29) is 30.3 Å². The predicted molar refractivity (Wildman–Crippen MR) is 160 cm³/mol. The number of hydrogen-bond donors (Lipinski definition) is 2. The molecule has 42 heavy (non-hydrogen) atoms. The van der Waals surface area contributed by atoms with Gasteiger partial charge in [-0.1, -0.05) is 97.1 Å². The highest BCUT2D eigenvalue weighted by molar-refractivity contribution is 5.97. The average Bonchev–Trinajstić information content (AvgIpc) is 3.59. The van der Waals surface area contributed by atoms with E-state index in [0.29, 0.717) is 23.5 Å². The highest BCUT2D eigenvalue weighted by Gasteiger charge is 2.36. The summed E-state index contributed by atoms with van der Waals surface area (Å²) in [7, 11) is 0. The van der Waals surface area contributed by atoms with Crippen LogP contribution in [-0.4, -0.2) is 43.9 Å². The fourth-order valence-electron chi connectivity index (χ4n) is 5.92. The van der Waals surface area contributed by atoms with Crippen LogP contribution in [0.3, 0.4) is 0 Å². The molecule has 6 rings (SSSR count). The zero-order valence-corrected chi connectivity index (χ0v) is 23.2. The molecule has 0 saturated heterocycles. The Labute approximate surface area is 244 Å². The Bertz CT molecular complexity index is 1640. The fourth-order valence-corrected chi connectivity index (χ4v) is 5.92. The Kier molecular flexibility index (Phi) is 8.12. The van der Waals surface area contributed by atoms with Gasteiger partial charge in [-0.15, -0.1) is 10.2 Å². The minimum absolute atomic E-state index is 0.116. The number of carbonyl (C=O) groups excluding carboxylic acids is 2.